The number of benzene rings is 2. The number of para-hydroxylation sites is 2. The first-order chi connectivity index (χ1) is 10.2. The van der Waals surface area contributed by atoms with Crippen molar-refractivity contribution < 1.29 is 13.5 Å². The van der Waals surface area contributed by atoms with Crippen molar-refractivity contribution in [3.05, 3.63) is 71.9 Å². The Morgan fingerprint density at radius 2 is 1.67 bits per heavy atom. The van der Waals surface area contributed by atoms with E-state index in [1.54, 1.807) is 30.5 Å². The smallest absolute Gasteiger partial charge is 0.278 e. The third-order valence-electron chi connectivity index (χ3n) is 3.42. The molecule has 3 aromatic rings. The first kappa shape index (κ1) is 13.4. The molecule has 1 N–H and O–H groups in total. The number of aromatic amines is 1. The second kappa shape index (κ2) is 5.40. The van der Waals surface area contributed by atoms with Crippen LogP contribution in [-0.4, -0.2) is 12.1 Å². The summed E-state index contributed by atoms with van der Waals surface area (Å²) >= 11 is 0. The van der Waals surface area contributed by atoms with E-state index in [-0.39, 0.29) is 5.57 Å². The van der Waals surface area contributed by atoms with Gasteiger partial charge in [-0.25, -0.2) is 0 Å². The van der Waals surface area contributed by atoms with Gasteiger partial charge in [0.05, 0.1) is 12.7 Å². The fourth-order valence-corrected chi connectivity index (χ4v) is 2.48. The van der Waals surface area contributed by atoms with E-state index in [1.807, 2.05) is 24.3 Å². The van der Waals surface area contributed by atoms with Gasteiger partial charge in [-0.15, -0.1) is 0 Å². The number of nitrogens with one attached hydrogen (secondary N) is 1. The van der Waals surface area contributed by atoms with Gasteiger partial charge < -0.3 is 9.72 Å². The molecular formula is C17H13F2NO. The van der Waals surface area contributed by atoms with Crippen LogP contribution in [0.4, 0.5) is 8.78 Å². The van der Waals surface area contributed by atoms with Crippen molar-refractivity contribution in [3.63, 3.8) is 0 Å². The molecule has 2 aromatic carbocycles. The van der Waals surface area contributed by atoms with E-state index in [4.69, 9.17) is 4.74 Å². The first-order valence-corrected chi connectivity index (χ1v) is 6.47. The van der Waals surface area contributed by atoms with Crippen LogP contribution in [0.1, 0.15) is 11.1 Å². The Bertz CT molecular complexity index is 816. The van der Waals surface area contributed by atoms with Gasteiger partial charge in [0.2, 0.25) is 0 Å². The molecule has 0 spiro atoms. The lowest BCUT2D eigenvalue weighted by molar-refractivity contribution is 0.409. The van der Waals surface area contributed by atoms with Gasteiger partial charge in [0, 0.05) is 28.2 Å². The third-order valence-corrected chi connectivity index (χ3v) is 3.42. The molecule has 0 aliphatic rings. The van der Waals surface area contributed by atoms with Crippen LogP contribution >= 0.6 is 0 Å². The van der Waals surface area contributed by atoms with Crippen LogP contribution in [0, 0.1) is 0 Å². The fraction of sp³-hybridized carbons (Fsp3) is 0.0588. The van der Waals surface area contributed by atoms with Crippen LogP contribution in [-0.2, 0) is 0 Å². The van der Waals surface area contributed by atoms with E-state index in [0.717, 1.165) is 10.9 Å². The molecule has 0 saturated heterocycles. The van der Waals surface area contributed by atoms with Crippen molar-refractivity contribution in [3.8, 4) is 5.75 Å². The molecule has 0 radical (unpaired) electrons. The minimum Gasteiger partial charge on any atom is -0.496 e. The molecule has 0 saturated carbocycles. The fourth-order valence-electron chi connectivity index (χ4n) is 2.48. The summed E-state index contributed by atoms with van der Waals surface area (Å²) in [5.74, 6) is 0.422. The van der Waals surface area contributed by atoms with Gasteiger partial charge in [-0.2, -0.15) is 8.78 Å². The predicted octanol–water partition coefficient (Wildman–Crippen LogP) is 4.83. The topological polar surface area (TPSA) is 25.0 Å². The molecule has 2 nitrogen and oxygen atoms in total. The van der Waals surface area contributed by atoms with Gasteiger partial charge in [-0.05, 0) is 12.1 Å². The van der Waals surface area contributed by atoms with Gasteiger partial charge >= 0.3 is 0 Å². The third kappa shape index (κ3) is 2.29. The number of hydrogen-bond donors (Lipinski definition) is 1. The molecule has 4 heteroatoms. The summed E-state index contributed by atoms with van der Waals surface area (Å²) < 4.78 is 32.4. The first-order valence-electron chi connectivity index (χ1n) is 6.47. The number of hydrogen-bond acceptors (Lipinski definition) is 1. The highest BCUT2D eigenvalue weighted by atomic mass is 19.3. The molecule has 0 unspecified atom stereocenters. The maximum absolute atomic E-state index is 13.6. The van der Waals surface area contributed by atoms with Crippen LogP contribution < -0.4 is 4.74 Å². The van der Waals surface area contributed by atoms with Gasteiger partial charge in [-0.1, -0.05) is 36.4 Å². The quantitative estimate of drug-likeness (QED) is 0.732. The Labute approximate surface area is 120 Å². The van der Waals surface area contributed by atoms with Crippen molar-refractivity contribution in [2.45, 2.75) is 0 Å². The summed E-state index contributed by atoms with van der Waals surface area (Å²) in [5.41, 5.74) is 1.56. The number of methoxy groups -OCH3 is 1. The van der Waals surface area contributed by atoms with Crippen LogP contribution in [0.2, 0.25) is 0 Å². The maximum atomic E-state index is 13.6. The molecular weight excluding hydrogens is 272 g/mol. The lowest BCUT2D eigenvalue weighted by Gasteiger charge is -2.10. The highest BCUT2D eigenvalue weighted by Gasteiger charge is 2.19. The van der Waals surface area contributed by atoms with Crippen molar-refractivity contribution in [2.75, 3.05) is 7.11 Å². The SMILES string of the molecule is COc1ccccc1C(=C(F)F)c1c[nH]c2ccccc12. The van der Waals surface area contributed by atoms with E-state index in [1.165, 1.54) is 7.11 Å². The minimum atomic E-state index is -1.73. The Kier molecular flexibility index (Phi) is 3.44. The van der Waals surface area contributed by atoms with Gasteiger partial charge in [0.15, 0.2) is 0 Å². The standard InChI is InChI=1S/C17H13F2NO/c1-21-15-9-5-3-7-12(15)16(17(18)19)13-10-20-14-8-4-2-6-11(13)14/h2-10,20H,1H3. The average molecular weight is 285 g/mol. The molecule has 1 heterocycles. The highest BCUT2D eigenvalue weighted by Crippen LogP contribution is 2.37. The minimum absolute atomic E-state index is 0.107. The summed E-state index contributed by atoms with van der Waals surface area (Å²) in [7, 11) is 1.47. The zero-order valence-electron chi connectivity index (χ0n) is 11.4. The molecule has 0 aliphatic heterocycles. The van der Waals surface area contributed by atoms with Gasteiger partial charge in [0.1, 0.15) is 5.75 Å². The van der Waals surface area contributed by atoms with E-state index in [9.17, 15) is 8.78 Å². The molecule has 0 bridgehead atoms. The molecule has 0 aliphatic carbocycles. The van der Waals surface area contributed by atoms with Gasteiger partial charge in [-0.3, -0.25) is 0 Å². The van der Waals surface area contributed by atoms with Crippen molar-refractivity contribution in [1.29, 1.82) is 0 Å². The number of rotatable bonds is 3. The Balaban J connectivity index is 2.27. The van der Waals surface area contributed by atoms with E-state index in [0.29, 0.717) is 16.9 Å². The molecule has 0 atom stereocenters. The number of aromatic nitrogens is 1. The zero-order chi connectivity index (χ0) is 14.8. The van der Waals surface area contributed by atoms with Crippen LogP contribution in [0.5, 0.6) is 5.75 Å². The van der Waals surface area contributed by atoms with Crippen LogP contribution in [0.15, 0.2) is 60.8 Å². The Morgan fingerprint density at radius 3 is 2.43 bits per heavy atom. The number of ether oxygens (including phenoxy) is 1. The summed E-state index contributed by atoms with van der Waals surface area (Å²) in [6, 6.07) is 14.1. The van der Waals surface area contributed by atoms with Crippen molar-refractivity contribution >= 4 is 16.5 Å². The van der Waals surface area contributed by atoms with E-state index < -0.39 is 6.08 Å². The Hall–Kier alpha value is -2.62. The number of fused-ring (bicyclic) bond motifs is 1. The molecule has 3 rings (SSSR count). The zero-order valence-corrected chi connectivity index (χ0v) is 11.4. The Morgan fingerprint density at radius 1 is 0.952 bits per heavy atom. The largest absolute Gasteiger partial charge is 0.496 e. The lowest BCUT2D eigenvalue weighted by Crippen LogP contribution is -1.94. The summed E-state index contributed by atoms with van der Waals surface area (Å²) in [4.78, 5) is 3.02. The number of H-pyrrole nitrogens is 1. The van der Waals surface area contributed by atoms with Crippen LogP contribution in [0.3, 0.4) is 0 Å². The summed E-state index contributed by atoms with van der Waals surface area (Å²) in [6.45, 7) is 0. The second-order valence-electron chi connectivity index (χ2n) is 4.58. The highest BCUT2D eigenvalue weighted by molar-refractivity contribution is 5.98. The lowest BCUT2D eigenvalue weighted by atomic mass is 9.97. The monoisotopic (exact) mass is 285 g/mol. The average Bonchev–Trinajstić information content (AvgIpc) is 2.92. The van der Waals surface area contributed by atoms with Crippen molar-refractivity contribution in [1.82, 2.24) is 4.98 Å². The van der Waals surface area contributed by atoms with Crippen LogP contribution in [0.25, 0.3) is 16.5 Å². The van der Waals surface area contributed by atoms with Gasteiger partial charge in [0.25, 0.3) is 6.08 Å². The molecule has 106 valence electrons. The summed E-state index contributed by atoms with van der Waals surface area (Å²) in [5, 5.41) is 0.756. The maximum Gasteiger partial charge on any atom is 0.278 e. The molecule has 1 aromatic heterocycles. The molecule has 0 amide bonds. The second-order valence-corrected chi connectivity index (χ2v) is 4.58. The number of halogens is 2. The normalized spacial score (nSPS) is 10.6. The van der Waals surface area contributed by atoms with E-state index in [2.05, 4.69) is 4.98 Å². The molecule has 21 heavy (non-hydrogen) atoms. The molecule has 0 fully saturated rings. The van der Waals surface area contributed by atoms with E-state index >= 15 is 0 Å². The summed E-state index contributed by atoms with van der Waals surface area (Å²) in [6.07, 6.45) is -0.129. The van der Waals surface area contributed by atoms with Crippen molar-refractivity contribution in [2.24, 2.45) is 0 Å². The predicted molar refractivity (Wildman–Crippen MR) is 79.5 cm³/mol.